The molecule has 0 bridgehead atoms. The van der Waals surface area contributed by atoms with Crippen molar-refractivity contribution in [2.24, 2.45) is 13.0 Å². The zero-order chi connectivity index (χ0) is 18.8. The molecule has 0 aliphatic rings. The van der Waals surface area contributed by atoms with Crippen LogP contribution < -0.4 is 11.1 Å². The predicted molar refractivity (Wildman–Crippen MR) is 92.0 cm³/mol. The molecular formula is C15H22N4O5S. The molecule has 0 saturated carbocycles. The van der Waals surface area contributed by atoms with Crippen LogP contribution in [-0.4, -0.2) is 47.1 Å². The third-order valence-corrected chi connectivity index (χ3v) is 4.55. The second kappa shape index (κ2) is 7.26. The van der Waals surface area contributed by atoms with E-state index in [1.165, 1.54) is 0 Å². The Balaban J connectivity index is 2.21. The minimum Gasteiger partial charge on any atom is -0.347 e. The normalized spacial score (nSPS) is 13.2. The van der Waals surface area contributed by atoms with Crippen molar-refractivity contribution in [1.82, 2.24) is 20.0 Å². The lowest BCUT2D eigenvalue weighted by Crippen LogP contribution is -2.41. The molecule has 2 heterocycles. The molecule has 2 rings (SSSR count). The number of carbonyl (C=O) groups excluding carboxylic acids is 1. The Hall–Kier alpha value is -2.36. The van der Waals surface area contributed by atoms with Crippen LogP contribution in [0.4, 0.5) is 0 Å². The van der Waals surface area contributed by atoms with Crippen LogP contribution >= 0.6 is 0 Å². The van der Waals surface area contributed by atoms with Gasteiger partial charge in [-0.2, -0.15) is 0 Å². The van der Waals surface area contributed by atoms with E-state index in [9.17, 15) is 18.0 Å². The Bertz CT molecular complexity index is 906. The Morgan fingerprint density at radius 1 is 1.44 bits per heavy atom. The highest BCUT2D eigenvalue weighted by molar-refractivity contribution is 7.90. The maximum atomic E-state index is 12.6. The number of nitrogens with zero attached hydrogens (tertiary/aromatic N) is 2. The lowest BCUT2D eigenvalue weighted by Gasteiger charge is -2.20. The number of amides is 1. The highest BCUT2D eigenvalue weighted by atomic mass is 32.2. The molecule has 2 aromatic heterocycles. The van der Waals surface area contributed by atoms with Crippen LogP contribution in [0.3, 0.4) is 0 Å². The lowest BCUT2D eigenvalue weighted by molar-refractivity contribution is 0.0928. The van der Waals surface area contributed by atoms with Gasteiger partial charge in [0.2, 0.25) is 0 Å². The summed E-state index contributed by atoms with van der Waals surface area (Å²) in [4.78, 5) is 26.0. The molecule has 0 spiro atoms. The molecule has 10 heteroatoms. The average Bonchev–Trinajstić information content (AvgIpc) is 3.02. The van der Waals surface area contributed by atoms with E-state index in [0.29, 0.717) is 17.7 Å². The maximum absolute atomic E-state index is 12.6. The Kier molecular flexibility index (Phi) is 5.51. The molecule has 2 N–H and O–H groups in total. The van der Waals surface area contributed by atoms with E-state index in [-0.39, 0.29) is 17.5 Å². The molecule has 0 unspecified atom stereocenters. The number of aryl methyl sites for hydroxylation is 1. The van der Waals surface area contributed by atoms with Gasteiger partial charge in [-0.1, -0.05) is 19.0 Å². The zero-order valence-electron chi connectivity index (χ0n) is 14.6. The van der Waals surface area contributed by atoms with Gasteiger partial charge in [0.05, 0.1) is 5.75 Å². The summed E-state index contributed by atoms with van der Waals surface area (Å²) >= 11 is 0. The van der Waals surface area contributed by atoms with E-state index in [0.717, 1.165) is 6.26 Å². The van der Waals surface area contributed by atoms with Gasteiger partial charge in [0.25, 0.3) is 5.91 Å². The highest BCUT2D eigenvalue weighted by Gasteiger charge is 2.22. The van der Waals surface area contributed by atoms with E-state index in [2.05, 4.69) is 20.0 Å². The molecule has 0 radical (unpaired) electrons. The molecule has 138 valence electrons. The third kappa shape index (κ3) is 5.31. The van der Waals surface area contributed by atoms with Crippen LogP contribution in [-0.2, 0) is 16.9 Å². The largest absolute Gasteiger partial charge is 0.439 e. The Morgan fingerprint density at radius 2 is 2.12 bits per heavy atom. The first-order chi connectivity index (χ1) is 11.5. The van der Waals surface area contributed by atoms with Gasteiger partial charge in [0, 0.05) is 31.1 Å². The molecule has 0 saturated heterocycles. The van der Waals surface area contributed by atoms with E-state index >= 15 is 0 Å². The predicted octanol–water partition coefficient (Wildman–Crippen LogP) is 0.557. The smallest absolute Gasteiger partial charge is 0.347 e. The van der Waals surface area contributed by atoms with Gasteiger partial charge >= 0.3 is 5.76 Å². The van der Waals surface area contributed by atoms with Crippen LogP contribution in [0.25, 0.3) is 11.4 Å². The fourth-order valence-electron chi connectivity index (χ4n) is 2.64. The van der Waals surface area contributed by atoms with Crippen molar-refractivity contribution < 1.29 is 17.7 Å². The monoisotopic (exact) mass is 370 g/mol. The number of H-pyrrole nitrogens is 1. The standard InChI is InChI=1S/C15H22N4O5S/c1-9(2)5-11(8-25(4,22)23)16-14(20)12-6-10(7-19(12)3)13-17-15(21)24-18-13/h6-7,9,11H,5,8H2,1-4H3,(H,16,20)(H,17,18,21)/t11-/m1/s1. The first-order valence-electron chi connectivity index (χ1n) is 7.76. The summed E-state index contributed by atoms with van der Waals surface area (Å²) < 4.78 is 29.2. The van der Waals surface area contributed by atoms with E-state index in [1.807, 2.05) is 13.8 Å². The van der Waals surface area contributed by atoms with Crippen LogP contribution in [0.2, 0.25) is 0 Å². The quantitative estimate of drug-likeness (QED) is 0.733. The summed E-state index contributed by atoms with van der Waals surface area (Å²) in [5.41, 5.74) is 0.836. The summed E-state index contributed by atoms with van der Waals surface area (Å²) in [7, 11) is -1.55. The number of carbonyl (C=O) groups is 1. The van der Waals surface area contributed by atoms with Crippen molar-refractivity contribution in [1.29, 1.82) is 0 Å². The van der Waals surface area contributed by atoms with Crippen molar-refractivity contribution >= 4 is 15.7 Å². The third-order valence-electron chi connectivity index (χ3n) is 3.55. The number of nitrogens with one attached hydrogen (secondary N) is 2. The number of aromatic amines is 1. The molecule has 1 atom stereocenters. The minimum atomic E-state index is -3.23. The summed E-state index contributed by atoms with van der Waals surface area (Å²) in [6, 6.07) is 1.07. The molecular weight excluding hydrogens is 348 g/mol. The molecule has 0 aliphatic heterocycles. The molecule has 0 aliphatic carbocycles. The van der Waals surface area contributed by atoms with Crippen molar-refractivity contribution in [2.75, 3.05) is 12.0 Å². The van der Waals surface area contributed by atoms with E-state index < -0.39 is 27.5 Å². The second-order valence-corrected chi connectivity index (χ2v) is 8.75. The van der Waals surface area contributed by atoms with E-state index in [1.54, 1.807) is 23.9 Å². The van der Waals surface area contributed by atoms with Crippen LogP contribution in [0.5, 0.6) is 0 Å². The van der Waals surface area contributed by atoms with Gasteiger partial charge in [-0.15, -0.1) is 0 Å². The van der Waals surface area contributed by atoms with Crippen LogP contribution in [0.1, 0.15) is 30.8 Å². The van der Waals surface area contributed by atoms with Gasteiger partial charge in [-0.25, -0.2) is 13.2 Å². The van der Waals surface area contributed by atoms with Crippen LogP contribution in [0.15, 0.2) is 21.6 Å². The van der Waals surface area contributed by atoms with Gasteiger partial charge in [0.1, 0.15) is 15.5 Å². The number of hydrogen-bond acceptors (Lipinski definition) is 6. The molecule has 1 amide bonds. The van der Waals surface area contributed by atoms with Crippen molar-refractivity contribution in [3.63, 3.8) is 0 Å². The van der Waals surface area contributed by atoms with Crippen molar-refractivity contribution in [3.8, 4) is 11.4 Å². The minimum absolute atomic E-state index is 0.120. The van der Waals surface area contributed by atoms with Crippen molar-refractivity contribution in [3.05, 3.63) is 28.5 Å². The van der Waals surface area contributed by atoms with Gasteiger partial charge in [-0.05, 0) is 18.4 Å². The first kappa shape index (κ1) is 19.0. The highest BCUT2D eigenvalue weighted by Crippen LogP contribution is 2.17. The Morgan fingerprint density at radius 3 is 2.64 bits per heavy atom. The second-order valence-electron chi connectivity index (χ2n) is 6.56. The SMILES string of the molecule is CC(C)C[C@H](CS(C)(=O)=O)NC(=O)c1cc(-c2noc(=O)[nH]2)cn1C. The van der Waals surface area contributed by atoms with Crippen LogP contribution in [0, 0.1) is 5.92 Å². The van der Waals surface area contributed by atoms with Gasteiger partial charge < -0.3 is 9.88 Å². The summed E-state index contributed by atoms with van der Waals surface area (Å²) in [6.45, 7) is 3.92. The van der Waals surface area contributed by atoms with Gasteiger partial charge in [-0.3, -0.25) is 14.3 Å². The molecule has 25 heavy (non-hydrogen) atoms. The molecule has 0 aromatic carbocycles. The topological polar surface area (TPSA) is 127 Å². The lowest BCUT2D eigenvalue weighted by atomic mass is 10.1. The number of rotatable bonds is 7. The fraction of sp³-hybridized carbons (Fsp3) is 0.533. The summed E-state index contributed by atoms with van der Waals surface area (Å²) in [5.74, 6) is -0.750. The average molecular weight is 370 g/mol. The molecule has 0 fully saturated rings. The summed E-state index contributed by atoms with van der Waals surface area (Å²) in [5, 5.41) is 6.36. The number of hydrogen-bond donors (Lipinski definition) is 2. The fourth-order valence-corrected chi connectivity index (χ4v) is 3.59. The van der Waals surface area contributed by atoms with Crippen molar-refractivity contribution in [2.45, 2.75) is 26.3 Å². The Labute approximate surface area is 145 Å². The number of aromatic nitrogens is 3. The molecule has 9 nitrogen and oxygen atoms in total. The number of sulfone groups is 1. The summed E-state index contributed by atoms with van der Waals surface area (Å²) in [6.07, 6.45) is 3.32. The zero-order valence-corrected chi connectivity index (χ0v) is 15.4. The maximum Gasteiger partial charge on any atom is 0.439 e. The van der Waals surface area contributed by atoms with Gasteiger partial charge in [0.15, 0.2) is 5.82 Å². The molecule has 2 aromatic rings. The van der Waals surface area contributed by atoms with E-state index in [4.69, 9.17) is 0 Å². The first-order valence-corrected chi connectivity index (χ1v) is 9.82.